The standard InChI is InChI=1S/C16H31N/c1-3-17-15(16(2)12-6-7-13-16)11-10-14-8-4-5-9-14/h14-15,17H,3-13H2,1-2H3. The Hall–Kier alpha value is -0.0400. The summed E-state index contributed by atoms with van der Waals surface area (Å²) in [5.41, 5.74) is 0.606. The highest BCUT2D eigenvalue weighted by atomic mass is 14.9. The molecule has 0 saturated heterocycles. The molecular weight excluding hydrogens is 206 g/mol. The summed E-state index contributed by atoms with van der Waals surface area (Å²) in [6.45, 7) is 5.94. The Morgan fingerprint density at radius 3 is 2.35 bits per heavy atom. The first kappa shape index (κ1) is 13.4. The van der Waals surface area contributed by atoms with Crippen LogP contribution >= 0.6 is 0 Å². The summed E-state index contributed by atoms with van der Waals surface area (Å²) in [5.74, 6) is 1.06. The zero-order valence-electron chi connectivity index (χ0n) is 11.9. The molecule has 2 saturated carbocycles. The first-order chi connectivity index (χ1) is 8.24. The van der Waals surface area contributed by atoms with E-state index in [1.165, 1.54) is 64.2 Å². The highest BCUT2D eigenvalue weighted by Crippen LogP contribution is 2.42. The van der Waals surface area contributed by atoms with Gasteiger partial charge in [-0.05, 0) is 43.6 Å². The molecule has 2 aliphatic carbocycles. The molecule has 0 heterocycles. The van der Waals surface area contributed by atoms with Gasteiger partial charge in [0.1, 0.15) is 0 Å². The summed E-state index contributed by atoms with van der Waals surface area (Å²) >= 11 is 0. The summed E-state index contributed by atoms with van der Waals surface area (Å²) in [6, 6.07) is 0.788. The van der Waals surface area contributed by atoms with Gasteiger partial charge in [0.05, 0.1) is 0 Å². The number of hydrogen-bond donors (Lipinski definition) is 1. The number of nitrogens with one attached hydrogen (secondary N) is 1. The van der Waals surface area contributed by atoms with Crippen molar-refractivity contribution in [3.8, 4) is 0 Å². The van der Waals surface area contributed by atoms with Crippen LogP contribution in [0.4, 0.5) is 0 Å². The molecule has 0 bridgehead atoms. The molecule has 2 rings (SSSR count). The third-order valence-corrected chi connectivity index (χ3v) is 5.38. The lowest BCUT2D eigenvalue weighted by atomic mass is 9.77. The van der Waals surface area contributed by atoms with Gasteiger partial charge in [0.25, 0.3) is 0 Å². The van der Waals surface area contributed by atoms with Crippen LogP contribution in [0.5, 0.6) is 0 Å². The van der Waals surface area contributed by atoms with E-state index in [9.17, 15) is 0 Å². The maximum atomic E-state index is 3.79. The zero-order valence-corrected chi connectivity index (χ0v) is 11.9. The number of hydrogen-bond acceptors (Lipinski definition) is 1. The van der Waals surface area contributed by atoms with Crippen LogP contribution in [0.25, 0.3) is 0 Å². The zero-order chi connectivity index (χ0) is 12.1. The van der Waals surface area contributed by atoms with E-state index in [1.807, 2.05) is 0 Å². The molecule has 0 aliphatic heterocycles. The normalized spacial score (nSPS) is 26.5. The second-order valence-electron chi connectivity index (χ2n) is 6.70. The van der Waals surface area contributed by atoms with E-state index in [1.54, 1.807) is 0 Å². The van der Waals surface area contributed by atoms with Crippen LogP contribution in [0.1, 0.15) is 78.1 Å². The van der Waals surface area contributed by atoms with Gasteiger partial charge in [0.2, 0.25) is 0 Å². The smallest absolute Gasteiger partial charge is 0.0121 e. The van der Waals surface area contributed by atoms with Crippen LogP contribution in [-0.4, -0.2) is 12.6 Å². The molecule has 0 spiro atoms. The Morgan fingerprint density at radius 2 is 1.76 bits per heavy atom. The van der Waals surface area contributed by atoms with Crippen LogP contribution < -0.4 is 5.32 Å². The van der Waals surface area contributed by atoms with E-state index in [4.69, 9.17) is 0 Å². The molecular formula is C16H31N. The van der Waals surface area contributed by atoms with Gasteiger partial charge in [-0.15, -0.1) is 0 Å². The van der Waals surface area contributed by atoms with Crippen molar-refractivity contribution >= 4 is 0 Å². The Balaban J connectivity index is 1.82. The Labute approximate surface area is 108 Å². The van der Waals surface area contributed by atoms with E-state index in [0.717, 1.165) is 18.5 Å². The molecule has 1 atom stereocenters. The molecule has 0 radical (unpaired) electrons. The van der Waals surface area contributed by atoms with Gasteiger partial charge in [-0.25, -0.2) is 0 Å². The minimum atomic E-state index is 0.606. The SMILES string of the molecule is CCNC(CCC1CCCC1)C1(C)CCCC1. The Bertz CT molecular complexity index is 212. The lowest BCUT2D eigenvalue weighted by molar-refractivity contribution is 0.201. The van der Waals surface area contributed by atoms with E-state index >= 15 is 0 Å². The fourth-order valence-corrected chi connectivity index (χ4v) is 4.18. The fraction of sp³-hybridized carbons (Fsp3) is 1.00. The minimum absolute atomic E-state index is 0.606. The van der Waals surface area contributed by atoms with E-state index in [2.05, 4.69) is 19.2 Å². The second kappa shape index (κ2) is 6.22. The maximum Gasteiger partial charge on any atom is 0.0121 e. The van der Waals surface area contributed by atoms with Gasteiger partial charge in [0.15, 0.2) is 0 Å². The van der Waals surface area contributed by atoms with Crippen LogP contribution in [0, 0.1) is 11.3 Å². The topological polar surface area (TPSA) is 12.0 Å². The monoisotopic (exact) mass is 237 g/mol. The van der Waals surface area contributed by atoms with Gasteiger partial charge in [-0.3, -0.25) is 0 Å². The molecule has 1 heteroatoms. The van der Waals surface area contributed by atoms with Crippen LogP contribution in [0.15, 0.2) is 0 Å². The predicted molar refractivity (Wildman–Crippen MR) is 75.2 cm³/mol. The first-order valence-electron chi connectivity index (χ1n) is 7.98. The highest BCUT2D eigenvalue weighted by Gasteiger charge is 2.36. The van der Waals surface area contributed by atoms with Crippen molar-refractivity contribution in [2.45, 2.75) is 84.1 Å². The minimum Gasteiger partial charge on any atom is -0.314 e. The van der Waals surface area contributed by atoms with Gasteiger partial charge in [-0.2, -0.15) is 0 Å². The molecule has 0 aromatic carbocycles. The van der Waals surface area contributed by atoms with Crippen molar-refractivity contribution < 1.29 is 0 Å². The highest BCUT2D eigenvalue weighted by molar-refractivity contribution is 4.91. The van der Waals surface area contributed by atoms with E-state index < -0.39 is 0 Å². The Kier molecular flexibility index (Phi) is 4.90. The largest absolute Gasteiger partial charge is 0.314 e. The summed E-state index contributed by atoms with van der Waals surface area (Å²) in [4.78, 5) is 0. The predicted octanol–water partition coefficient (Wildman–Crippen LogP) is 4.52. The van der Waals surface area contributed by atoms with Crippen LogP contribution in [0.3, 0.4) is 0 Å². The maximum absolute atomic E-state index is 3.79. The fourth-order valence-electron chi connectivity index (χ4n) is 4.18. The molecule has 2 fully saturated rings. The Morgan fingerprint density at radius 1 is 1.12 bits per heavy atom. The average Bonchev–Trinajstić information content (AvgIpc) is 2.96. The molecule has 0 aromatic rings. The van der Waals surface area contributed by atoms with Gasteiger partial charge in [-0.1, -0.05) is 52.4 Å². The summed E-state index contributed by atoms with van der Waals surface area (Å²) < 4.78 is 0. The molecule has 17 heavy (non-hydrogen) atoms. The lowest BCUT2D eigenvalue weighted by Crippen LogP contribution is -2.42. The first-order valence-corrected chi connectivity index (χ1v) is 7.98. The molecule has 0 amide bonds. The second-order valence-corrected chi connectivity index (χ2v) is 6.70. The van der Waals surface area contributed by atoms with Crippen LogP contribution in [-0.2, 0) is 0 Å². The third kappa shape index (κ3) is 3.47. The lowest BCUT2D eigenvalue weighted by Gasteiger charge is -2.35. The molecule has 1 N–H and O–H groups in total. The van der Waals surface area contributed by atoms with Crippen molar-refractivity contribution in [1.82, 2.24) is 5.32 Å². The quantitative estimate of drug-likeness (QED) is 0.716. The van der Waals surface area contributed by atoms with Crippen molar-refractivity contribution in [2.75, 3.05) is 6.54 Å². The van der Waals surface area contributed by atoms with E-state index in [-0.39, 0.29) is 0 Å². The summed E-state index contributed by atoms with van der Waals surface area (Å²) in [7, 11) is 0. The molecule has 100 valence electrons. The van der Waals surface area contributed by atoms with Crippen LogP contribution in [0.2, 0.25) is 0 Å². The molecule has 1 nitrogen and oxygen atoms in total. The van der Waals surface area contributed by atoms with Crippen molar-refractivity contribution in [3.63, 3.8) is 0 Å². The van der Waals surface area contributed by atoms with Gasteiger partial charge < -0.3 is 5.32 Å². The van der Waals surface area contributed by atoms with Crippen molar-refractivity contribution in [3.05, 3.63) is 0 Å². The third-order valence-electron chi connectivity index (χ3n) is 5.38. The van der Waals surface area contributed by atoms with Gasteiger partial charge in [0, 0.05) is 6.04 Å². The average molecular weight is 237 g/mol. The van der Waals surface area contributed by atoms with Crippen molar-refractivity contribution in [2.24, 2.45) is 11.3 Å². The molecule has 0 aromatic heterocycles. The number of rotatable bonds is 6. The summed E-state index contributed by atoms with van der Waals surface area (Å²) in [6.07, 6.45) is 14.7. The summed E-state index contributed by atoms with van der Waals surface area (Å²) in [5, 5.41) is 3.79. The van der Waals surface area contributed by atoms with Gasteiger partial charge >= 0.3 is 0 Å². The molecule has 2 aliphatic rings. The van der Waals surface area contributed by atoms with Crippen molar-refractivity contribution in [1.29, 1.82) is 0 Å². The molecule has 1 unspecified atom stereocenters. The van der Waals surface area contributed by atoms with E-state index in [0.29, 0.717) is 5.41 Å².